The smallest absolute Gasteiger partial charge is 1.00 e. The molecule has 0 aliphatic rings. The summed E-state index contributed by atoms with van der Waals surface area (Å²) in [4.78, 5) is 19.3. The van der Waals surface area contributed by atoms with E-state index >= 15 is 0 Å². The molecule has 686 valence electrons. The van der Waals surface area contributed by atoms with Crippen molar-refractivity contribution in [3.63, 3.8) is 0 Å². The molecule has 5 aromatic rings. The molecule has 0 unspecified atom stereocenters. The summed E-state index contributed by atoms with van der Waals surface area (Å²) < 4.78 is 28.2. The molecule has 13 nitrogen and oxygen atoms in total. The molecule has 0 bridgehead atoms. The van der Waals surface area contributed by atoms with E-state index in [0.717, 1.165) is 99.4 Å². The Morgan fingerprint density at radius 3 is 0.846 bits per heavy atom. The zero-order chi connectivity index (χ0) is 87.9. The number of halogens is 9. The van der Waals surface area contributed by atoms with Crippen LogP contribution in [0, 0.1) is 6.92 Å². The summed E-state index contributed by atoms with van der Waals surface area (Å²) in [7, 11) is -3.07. The molecule has 0 aliphatic heterocycles. The Kier molecular flexibility index (Phi) is 110. The summed E-state index contributed by atoms with van der Waals surface area (Å²) in [5.74, 6) is 0. The Morgan fingerprint density at radius 2 is 0.650 bits per heavy atom. The number of aryl methyl sites for hydroxylation is 5. The van der Waals surface area contributed by atoms with Gasteiger partial charge in [-0.05, 0) is 216 Å². The van der Waals surface area contributed by atoms with Crippen molar-refractivity contribution in [3.8, 4) is 0 Å². The van der Waals surface area contributed by atoms with Gasteiger partial charge >= 0.3 is 18.5 Å². The third-order valence-electron chi connectivity index (χ3n) is 19.6. The molecule has 0 spiro atoms. The molecule has 117 heavy (non-hydrogen) atoms. The van der Waals surface area contributed by atoms with Crippen LogP contribution in [0.4, 0.5) is 4.48 Å². The van der Waals surface area contributed by atoms with Crippen LogP contribution in [0.1, 0.15) is 296 Å². The molecule has 5 aromatic heterocycles. The number of hydrogen-bond acceptors (Lipinski definition) is 12. The first kappa shape index (κ1) is 132. The van der Waals surface area contributed by atoms with E-state index in [9.17, 15) is 4.48 Å². The molecule has 0 radical (unpaired) electrons. The number of nitrogens with one attached hydrogen (secondary N) is 1. The summed E-state index contributed by atoms with van der Waals surface area (Å²) in [6, 6.07) is 20.7. The Labute approximate surface area is 793 Å². The Bertz CT molecular complexity index is 2550. The van der Waals surface area contributed by atoms with Crippen molar-refractivity contribution >= 4 is 140 Å². The predicted molar refractivity (Wildman–Crippen MR) is 540 cm³/mol. The average Bonchev–Trinajstić information content (AvgIpc) is 0.853. The quantitative estimate of drug-likeness (QED) is 0.0108. The Balaban J connectivity index is -0.000000163. The van der Waals surface area contributed by atoms with Gasteiger partial charge in [-0.3, -0.25) is 19.9 Å². The standard InChI is InChI=1S/C18H33NOSi.2C12H18BrN.C12H27BrOSi.C12H19NO.C6H13BrO.C6H15ClSi.C6H7N.C6H14O2.CH4O.BFHN.3BrH/c1-18(2,3)21(4,5)20-15-10-8-6-7-9-12-17-13-11-14-19-16-17;2*13-9-5-3-1-2-4-7-12-8-6-10-14-11-12;1-12(2,3)15(4,5)14-11-9-7-6-8-10-13;14-10-5-3-1-2-4-7-12-8-6-9-13-11-12;7-5-3-1-2-4-6-8;1-6(2,3)8(4,5)7;1-6-3-2-4-7-5-6;7-5-3-1-2-4-6-8;1-2;1-3-2;;;/h11,13-14,16H,6-10,12,15H2,1-5H3;2*6,8,10-11H,1-5,7,9H2;6-11H2,1-5H3;6,8-9,11,14H,1-5,7,10H2;8H,1-6H2;1-5H3;2-5H,1H3;7-8H,1-6H2;2H,1H3;1H;3*1H/i;;;;;;;;;;1T;;;. The molecule has 26 heteroatoms. The number of aromatic nitrogens is 5. The molecule has 0 atom stereocenters. The number of hydrogen-bond donors (Lipinski definition) is 5. The van der Waals surface area contributed by atoms with Gasteiger partial charge in [-0.2, -0.15) is 11.1 Å². The van der Waals surface area contributed by atoms with Gasteiger partial charge in [0.15, 0.2) is 36.4 Å². The summed E-state index contributed by atoms with van der Waals surface area (Å²) >= 11 is 19.8. The van der Waals surface area contributed by atoms with E-state index in [4.69, 9.17) is 46.8 Å². The van der Waals surface area contributed by atoms with Crippen molar-refractivity contribution in [2.75, 3.05) is 68.1 Å². The van der Waals surface area contributed by atoms with Crippen LogP contribution < -0.4 is 22.0 Å². The van der Waals surface area contributed by atoms with Crippen molar-refractivity contribution in [2.24, 2.45) is 5.12 Å². The molecule has 0 aromatic carbocycles. The first-order valence-electron chi connectivity index (χ1n) is 43.5. The molecular weight excluding hydrogens is 2000 g/mol. The summed E-state index contributed by atoms with van der Waals surface area (Å²) in [5, 5.41) is 47.9. The van der Waals surface area contributed by atoms with Gasteiger partial charge in [0.05, 0.1) is 0 Å². The number of nitrogens with zero attached hydrogens (tertiary/aromatic N) is 5. The molecule has 0 saturated carbocycles. The summed E-state index contributed by atoms with van der Waals surface area (Å²) in [5.41, 5.74) is 6.69. The van der Waals surface area contributed by atoms with E-state index in [1.807, 2.05) is 86.8 Å². The first-order valence-corrected chi connectivity index (χ1v) is 57.2. The van der Waals surface area contributed by atoms with Crippen LogP contribution in [0.15, 0.2) is 128 Å². The Morgan fingerprint density at radius 1 is 0.410 bits per heavy atom. The van der Waals surface area contributed by atoms with Crippen LogP contribution in [0.3, 0.4) is 0 Å². The van der Waals surface area contributed by atoms with Gasteiger partial charge in [0.2, 0.25) is 0 Å². The van der Waals surface area contributed by atoms with E-state index in [2.05, 4.69) is 227 Å². The summed E-state index contributed by atoms with van der Waals surface area (Å²) in [6.07, 6.45) is 63.0. The van der Waals surface area contributed by atoms with Crippen LogP contribution in [0.2, 0.25) is 54.4 Å². The fraction of sp³-hybridized carbons (Fsp3) is 0.725. The maximum absolute atomic E-state index is 10.1. The van der Waals surface area contributed by atoms with Gasteiger partial charge in [-0.1, -0.05) is 279 Å². The zero-order valence-electron chi connectivity index (χ0n) is 77.4. The number of aliphatic hydroxyl groups is 5. The van der Waals surface area contributed by atoms with Gasteiger partial charge in [0.25, 0.3) is 0 Å². The number of rotatable bonds is 47. The second kappa shape index (κ2) is 97.8. The van der Waals surface area contributed by atoms with Crippen molar-refractivity contribution in [1.82, 2.24) is 19.9 Å². The molecule has 0 amide bonds. The van der Waals surface area contributed by atoms with E-state index in [-0.39, 0.29) is 64.2 Å². The molecule has 6 N–H and O–H groups in total. The van der Waals surface area contributed by atoms with Crippen molar-refractivity contribution in [3.05, 3.63) is 150 Å². The maximum Gasteiger partial charge on any atom is -1.00 e. The number of aromatic amines is 1. The van der Waals surface area contributed by atoms with Crippen molar-refractivity contribution in [2.45, 2.75) is 355 Å². The minimum Gasteiger partial charge on any atom is -1.00 e. The maximum atomic E-state index is 10.1. The number of alkyl halides is 4. The van der Waals surface area contributed by atoms with Gasteiger partial charge in [-0.25, -0.2) is 4.98 Å². The number of unbranched alkanes of at least 4 members (excludes halogenated alkanes) is 25. The third-order valence-corrected chi connectivity index (χ3v) is 36.2. The van der Waals surface area contributed by atoms with Gasteiger partial charge in [0.1, 0.15) is 0 Å². The average molecular weight is 2170 g/mol. The summed E-state index contributed by atoms with van der Waals surface area (Å²) in [6.45, 7) is 39.2. The topological polar surface area (TPSA) is 198 Å². The van der Waals surface area contributed by atoms with Gasteiger partial charge in [0, 0.05) is 129 Å². The fourth-order valence-corrected chi connectivity index (χ4v) is 13.0. The van der Waals surface area contributed by atoms with Crippen LogP contribution in [0.5, 0.6) is 0 Å². The normalized spacial score (nSPS) is 10.8. The monoisotopic (exact) mass is 2160 g/mol. The fourth-order valence-electron chi connectivity index (χ4n) is 9.29. The first-order chi connectivity index (χ1) is 54.8. The zero-order valence-corrected chi connectivity index (χ0v) is 91.5. The van der Waals surface area contributed by atoms with E-state index in [1.54, 1.807) is 11.3 Å². The van der Waals surface area contributed by atoms with Crippen LogP contribution in [0.25, 0.3) is 0 Å². The van der Waals surface area contributed by atoms with Crippen LogP contribution in [-0.4, -0.2) is 146 Å². The third kappa shape index (κ3) is 101. The van der Waals surface area contributed by atoms with E-state index < -0.39 is 24.0 Å². The number of H-pyrrole nitrogens is 1. The van der Waals surface area contributed by atoms with Crippen molar-refractivity contribution < 1.29 is 60.8 Å². The minimum absolute atomic E-state index is 0. The van der Waals surface area contributed by atoms with Crippen molar-refractivity contribution in [1.29, 1.82) is 1.34 Å². The minimum atomic E-state index is -1.53. The largest absolute Gasteiger partial charge is 1.00 e. The molecule has 0 fully saturated rings. The number of aliphatic hydroxyl groups excluding tert-OH is 5. The molecule has 5 heterocycles. The van der Waals surface area contributed by atoms with Crippen LogP contribution >= 0.6 is 109 Å². The van der Waals surface area contributed by atoms with Crippen LogP contribution in [-0.2, 0) is 34.5 Å². The molecule has 0 saturated heterocycles. The van der Waals surface area contributed by atoms with Gasteiger partial charge in [-0.15, -0.1) is 34.0 Å². The Hall–Kier alpha value is -0.434. The van der Waals surface area contributed by atoms with Gasteiger partial charge < -0.3 is 51.4 Å². The van der Waals surface area contributed by atoms with E-state index in [1.165, 1.54) is 201 Å². The van der Waals surface area contributed by atoms with E-state index in [0.29, 0.717) is 35.9 Å². The molecular formula is C91H172BBr7ClFN6O7Si3. The predicted octanol–water partition coefficient (Wildman–Crippen LogP) is 25.3. The molecule has 0 aliphatic carbocycles. The molecule has 5 rings (SSSR count). The second-order valence-corrected chi connectivity index (χ2v) is 53.1. The second-order valence-electron chi connectivity index (χ2n) is 33.0. The SMILES string of the molecule is Br.Br.BrCCCCCCCc1ccc[nH+]c1.BrCCCCCCCc1cccnc1.CC(C)(C)[Si](C)(C)Cl.CC(C)(C)[Si](C)(C)OCCCCCCBr.CC(C)(C)[Si](C)(C)OCCCCCCCc1cccnc1.CO.Cc1cccnc1.OCCCCCCBr.OCCCCCCCc1cccnc1.OCCCCCCO.[3H]B=NF.[Br-]. The number of pyridine rings is 5.